The van der Waals surface area contributed by atoms with Gasteiger partial charge in [-0.1, -0.05) is 0 Å². The minimum atomic E-state index is 0.669. The molecular formula is C15H20N2OS. The van der Waals surface area contributed by atoms with Crippen LogP contribution in [0.25, 0.3) is 10.8 Å². The number of hydrogen-bond acceptors (Lipinski definition) is 4. The molecule has 1 aliphatic rings. The number of nitrogens with zero attached hydrogens (tertiary/aromatic N) is 2. The van der Waals surface area contributed by atoms with E-state index in [0.717, 1.165) is 28.8 Å². The van der Waals surface area contributed by atoms with Gasteiger partial charge in [0.15, 0.2) is 0 Å². The van der Waals surface area contributed by atoms with E-state index >= 15 is 0 Å². The van der Waals surface area contributed by atoms with Gasteiger partial charge in [-0.25, -0.2) is 4.98 Å². The van der Waals surface area contributed by atoms with Crippen LogP contribution in [0, 0.1) is 13.8 Å². The molecule has 0 aliphatic carbocycles. The lowest BCUT2D eigenvalue weighted by Gasteiger charge is -2.19. The third-order valence-corrected chi connectivity index (χ3v) is 5.00. The molecule has 2 aromatic heterocycles. The van der Waals surface area contributed by atoms with Crippen molar-refractivity contribution < 1.29 is 4.42 Å². The van der Waals surface area contributed by atoms with Crippen LogP contribution in [-0.2, 0) is 6.54 Å². The van der Waals surface area contributed by atoms with Gasteiger partial charge in [0.05, 0.1) is 10.6 Å². The molecular weight excluding hydrogens is 256 g/mol. The first kappa shape index (κ1) is 12.9. The van der Waals surface area contributed by atoms with Crippen molar-refractivity contribution in [3.8, 4) is 10.8 Å². The van der Waals surface area contributed by atoms with Crippen molar-refractivity contribution in [2.75, 3.05) is 6.54 Å². The first-order chi connectivity index (χ1) is 9.15. The second-order valence-electron chi connectivity index (χ2n) is 5.42. The third kappa shape index (κ3) is 2.47. The molecule has 4 heteroatoms. The average molecular weight is 276 g/mol. The molecule has 3 nitrogen and oxygen atoms in total. The molecule has 1 unspecified atom stereocenters. The SMILES string of the molecule is Cc1ccsc1-c1nc(CN2CCCC2C)c(C)o1. The fourth-order valence-corrected chi connectivity index (χ4v) is 3.53. The fraction of sp³-hybridized carbons (Fsp3) is 0.533. The van der Waals surface area contributed by atoms with Gasteiger partial charge in [0.1, 0.15) is 5.76 Å². The van der Waals surface area contributed by atoms with Crippen molar-refractivity contribution in [1.82, 2.24) is 9.88 Å². The zero-order valence-corrected chi connectivity index (χ0v) is 12.6. The molecule has 2 aromatic rings. The van der Waals surface area contributed by atoms with Crippen LogP contribution >= 0.6 is 11.3 Å². The number of likely N-dealkylation sites (tertiary alicyclic amines) is 1. The van der Waals surface area contributed by atoms with E-state index in [-0.39, 0.29) is 0 Å². The molecule has 0 amide bonds. The Morgan fingerprint density at radius 3 is 2.95 bits per heavy atom. The van der Waals surface area contributed by atoms with E-state index in [1.807, 2.05) is 6.92 Å². The maximum atomic E-state index is 5.86. The number of hydrogen-bond donors (Lipinski definition) is 0. The molecule has 102 valence electrons. The Balaban J connectivity index is 1.84. The molecule has 19 heavy (non-hydrogen) atoms. The highest BCUT2D eigenvalue weighted by Crippen LogP contribution is 2.30. The number of aryl methyl sites for hydroxylation is 2. The Morgan fingerprint density at radius 1 is 1.47 bits per heavy atom. The van der Waals surface area contributed by atoms with Crippen LogP contribution in [0.4, 0.5) is 0 Å². The van der Waals surface area contributed by atoms with Gasteiger partial charge in [-0.15, -0.1) is 11.3 Å². The molecule has 1 fully saturated rings. The fourth-order valence-electron chi connectivity index (χ4n) is 2.68. The Kier molecular flexibility index (Phi) is 3.46. The number of oxazole rings is 1. The molecule has 3 heterocycles. The summed E-state index contributed by atoms with van der Waals surface area (Å²) in [5.74, 6) is 1.74. The molecule has 1 saturated heterocycles. The van der Waals surface area contributed by atoms with Gasteiger partial charge in [0, 0.05) is 12.6 Å². The number of rotatable bonds is 3. The molecule has 1 aliphatic heterocycles. The standard InChI is InChI=1S/C15H20N2OS/c1-10-6-8-19-14(10)15-16-13(12(3)18-15)9-17-7-4-5-11(17)2/h6,8,11H,4-5,7,9H2,1-3H3. The molecule has 0 saturated carbocycles. The molecule has 0 N–H and O–H groups in total. The summed E-state index contributed by atoms with van der Waals surface area (Å²) in [6, 6.07) is 2.78. The van der Waals surface area contributed by atoms with E-state index in [2.05, 4.69) is 30.2 Å². The molecule has 0 spiro atoms. The quantitative estimate of drug-likeness (QED) is 0.848. The van der Waals surface area contributed by atoms with E-state index in [1.54, 1.807) is 11.3 Å². The average Bonchev–Trinajstić information content (AvgIpc) is 3.04. The zero-order valence-electron chi connectivity index (χ0n) is 11.8. The molecule has 0 bridgehead atoms. The first-order valence-corrected chi connectivity index (χ1v) is 7.78. The normalized spacial score (nSPS) is 20.3. The Morgan fingerprint density at radius 2 is 2.32 bits per heavy atom. The van der Waals surface area contributed by atoms with E-state index in [4.69, 9.17) is 9.40 Å². The summed E-state index contributed by atoms with van der Waals surface area (Å²) >= 11 is 1.70. The highest BCUT2D eigenvalue weighted by atomic mass is 32.1. The summed E-state index contributed by atoms with van der Waals surface area (Å²) in [6.07, 6.45) is 2.60. The highest BCUT2D eigenvalue weighted by molar-refractivity contribution is 7.13. The van der Waals surface area contributed by atoms with Crippen LogP contribution in [0.5, 0.6) is 0 Å². The second kappa shape index (κ2) is 5.10. The monoisotopic (exact) mass is 276 g/mol. The van der Waals surface area contributed by atoms with Crippen molar-refractivity contribution in [1.29, 1.82) is 0 Å². The van der Waals surface area contributed by atoms with Crippen LogP contribution in [-0.4, -0.2) is 22.5 Å². The number of thiophene rings is 1. The van der Waals surface area contributed by atoms with Crippen LogP contribution in [0.1, 0.15) is 36.8 Å². The van der Waals surface area contributed by atoms with Gasteiger partial charge >= 0.3 is 0 Å². The van der Waals surface area contributed by atoms with Gasteiger partial charge in [0.25, 0.3) is 0 Å². The van der Waals surface area contributed by atoms with Crippen molar-refractivity contribution in [2.45, 2.75) is 46.2 Å². The second-order valence-corrected chi connectivity index (χ2v) is 6.33. The number of aromatic nitrogens is 1. The summed E-state index contributed by atoms with van der Waals surface area (Å²) in [7, 11) is 0. The summed E-state index contributed by atoms with van der Waals surface area (Å²) < 4.78 is 5.86. The van der Waals surface area contributed by atoms with Gasteiger partial charge in [-0.05, 0) is 57.2 Å². The molecule has 1 atom stereocenters. The van der Waals surface area contributed by atoms with E-state index < -0.39 is 0 Å². The van der Waals surface area contributed by atoms with Crippen LogP contribution in [0.3, 0.4) is 0 Å². The minimum absolute atomic E-state index is 0.669. The predicted octanol–water partition coefficient (Wildman–Crippen LogP) is 4.00. The smallest absolute Gasteiger partial charge is 0.237 e. The Labute approximate surface area is 118 Å². The summed E-state index contributed by atoms with van der Waals surface area (Å²) in [6.45, 7) is 8.53. The van der Waals surface area contributed by atoms with Crippen molar-refractivity contribution in [2.24, 2.45) is 0 Å². The van der Waals surface area contributed by atoms with Crippen LogP contribution < -0.4 is 0 Å². The topological polar surface area (TPSA) is 29.3 Å². The summed E-state index contributed by atoms with van der Waals surface area (Å²) in [4.78, 5) is 8.37. The highest BCUT2D eigenvalue weighted by Gasteiger charge is 2.23. The molecule has 0 aromatic carbocycles. The van der Waals surface area contributed by atoms with Gasteiger partial charge in [-0.2, -0.15) is 0 Å². The maximum absolute atomic E-state index is 5.86. The van der Waals surface area contributed by atoms with Crippen molar-refractivity contribution in [3.63, 3.8) is 0 Å². The lowest BCUT2D eigenvalue weighted by atomic mass is 10.2. The van der Waals surface area contributed by atoms with Gasteiger partial charge in [0.2, 0.25) is 5.89 Å². The van der Waals surface area contributed by atoms with Crippen LogP contribution in [0.15, 0.2) is 15.9 Å². The largest absolute Gasteiger partial charge is 0.440 e. The molecule has 0 radical (unpaired) electrons. The Hall–Kier alpha value is -1.13. The summed E-state index contributed by atoms with van der Waals surface area (Å²) in [5, 5.41) is 2.09. The minimum Gasteiger partial charge on any atom is -0.440 e. The van der Waals surface area contributed by atoms with Gasteiger partial charge < -0.3 is 4.42 Å². The Bertz CT molecular complexity index is 572. The zero-order chi connectivity index (χ0) is 13.4. The lowest BCUT2D eigenvalue weighted by molar-refractivity contribution is 0.256. The lowest BCUT2D eigenvalue weighted by Crippen LogP contribution is -2.26. The van der Waals surface area contributed by atoms with E-state index in [0.29, 0.717) is 6.04 Å². The third-order valence-electron chi connectivity index (χ3n) is 3.99. The van der Waals surface area contributed by atoms with Crippen LogP contribution in [0.2, 0.25) is 0 Å². The predicted molar refractivity (Wildman–Crippen MR) is 78.4 cm³/mol. The van der Waals surface area contributed by atoms with Crippen molar-refractivity contribution in [3.05, 3.63) is 28.5 Å². The van der Waals surface area contributed by atoms with Gasteiger partial charge in [-0.3, -0.25) is 4.90 Å². The first-order valence-electron chi connectivity index (χ1n) is 6.90. The summed E-state index contributed by atoms with van der Waals surface area (Å²) in [5.41, 5.74) is 2.34. The van der Waals surface area contributed by atoms with E-state index in [9.17, 15) is 0 Å². The maximum Gasteiger partial charge on any atom is 0.237 e. The van der Waals surface area contributed by atoms with Crippen molar-refractivity contribution >= 4 is 11.3 Å². The van der Waals surface area contributed by atoms with E-state index in [1.165, 1.54) is 24.9 Å². The molecule has 3 rings (SSSR count).